The van der Waals surface area contributed by atoms with Crippen molar-refractivity contribution in [2.24, 2.45) is 5.84 Å². The highest BCUT2D eigenvalue weighted by atomic mass is 35.5. The molecule has 164 valence electrons. The average molecular weight is 486 g/mol. The van der Waals surface area contributed by atoms with Gasteiger partial charge < -0.3 is 10.2 Å². The summed E-state index contributed by atoms with van der Waals surface area (Å²) >= 11 is 0. The van der Waals surface area contributed by atoms with Crippen molar-refractivity contribution in [1.29, 1.82) is 0 Å². The van der Waals surface area contributed by atoms with Gasteiger partial charge in [0, 0.05) is 32.4 Å². The van der Waals surface area contributed by atoms with Crippen molar-refractivity contribution in [3.8, 4) is 0 Å². The number of hydrazine groups is 1. The molecule has 2 heterocycles. The number of aryl methyl sites for hydroxylation is 2. The number of carbonyl (C=O) groups excluding carboxylic acids is 1. The van der Waals surface area contributed by atoms with Gasteiger partial charge in [0.2, 0.25) is 5.91 Å². The third kappa shape index (κ3) is 9.33. The Morgan fingerprint density at radius 2 is 1.62 bits per heavy atom. The Labute approximate surface area is 196 Å². The van der Waals surface area contributed by atoms with Crippen LogP contribution in [0.1, 0.15) is 16.8 Å². The number of piperazine rings is 1. The van der Waals surface area contributed by atoms with Crippen molar-refractivity contribution >= 4 is 61.4 Å². The Bertz CT molecular complexity index is 714. The van der Waals surface area contributed by atoms with Crippen LogP contribution in [0, 0.1) is 0 Å². The fourth-order valence-corrected chi connectivity index (χ4v) is 2.89. The average Bonchev–Trinajstić information content (AvgIpc) is 2.68. The summed E-state index contributed by atoms with van der Waals surface area (Å²) in [5.74, 6) is 5.88. The molecule has 1 aromatic heterocycles. The van der Waals surface area contributed by atoms with Crippen LogP contribution in [0.3, 0.4) is 0 Å². The van der Waals surface area contributed by atoms with E-state index in [4.69, 9.17) is 10.8 Å². The lowest BCUT2D eigenvalue weighted by Crippen LogP contribution is -2.44. The Morgan fingerprint density at radius 1 is 1.00 bits per heavy atom. The summed E-state index contributed by atoms with van der Waals surface area (Å²) in [6.07, 6.45) is 5.71. The van der Waals surface area contributed by atoms with E-state index in [0.717, 1.165) is 56.1 Å². The molecule has 1 aromatic carbocycles. The van der Waals surface area contributed by atoms with Crippen LogP contribution in [0.25, 0.3) is 0 Å². The number of nitrogens with one attached hydrogen (secondary N) is 2. The molecule has 2 aromatic rings. The second-order valence-corrected chi connectivity index (χ2v) is 6.17. The van der Waals surface area contributed by atoms with E-state index in [0.29, 0.717) is 6.42 Å². The van der Waals surface area contributed by atoms with E-state index in [1.165, 1.54) is 5.56 Å². The Balaban J connectivity index is 0. The second-order valence-electron chi connectivity index (χ2n) is 6.17. The first-order valence-corrected chi connectivity index (χ1v) is 8.58. The lowest BCUT2D eigenvalue weighted by atomic mass is 10.0. The monoisotopic (exact) mass is 484 g/mol. The van der Waals surface area contributed by atoms with Crippen molar-refractivity contribution in [3.05, 3.63) is 53.5 Å². The lowest BCUT2D eigenvalue weighted by molar-refractivity contribution is -0.120. The zero-order chi connectivity index (χ0) is 17.5. The summed E-state index contributed by atoms with van der Waals surface area (Å²) in [7, 11) is 0. The maximum atomic E-state index is 11.3. The zero-order valence-corrected chi connectivity index (χ0v) is 19.1. The van der Waals surface area contributed by atoms with E-state index in [2.05, 4.69) is 20.6 Å². The summed E-state index contributed by atoms with van der Waals surface area (Å²) in [4.78, 5) is 22.6. The van der Waals surface area contributed by atoms with Gasteiger partial charge in [-0.1, -0.05) is 24.3 Å². The number of hydrogen-bond donors (Lipinski definition) is 3. The normalized spacial score (nSPS) is 12.4. The van der Waals surface area contributed by atoms with E-state index >= 15 is 0 Å². The molecule has 11 heteroatoms. The molecular weight excluding hydrogens is 458 g/mol. The number of carbonyl (C=O) groups is 1. The lowest BCUT2D eigenvalue weighted by Gasteiger charge is -2.28. The molecule has 1 amide bonds. The van der Waals surface area contributed by atoms with Crippen molar-refractivity contribution in [2.75, 3.05) is 31.1 Å². The van der Waals surface area contributed by atoms with Gasteiger partial charge in [0.05, 0.1) is 18.3 Å². The van der Waals surface area contributed by atoms with E-state index < -0.39 is 0 Å². The highest BCUT2D eigenvalue weighted by Gasteiger charge is 2.12. The summed E-state index contributed by atoms with van der Waals surface area (Å²) in [6.45, 7) is 3.91. The maximum absolute atomic E-state index is 11.3. The smallest absolute Gasteiger partial charge is 0.238 e. The number of nitrogens with zero attached hydrogens (tertiary/aromatic N) is 3. The molecule has 0 bridgehead atoms. The van der Waals surface area contributed by atoms with Crippen molar-refractivity contribution in [2.45, 2.75) is 19.3 Å². The Kier molecular flexibility index (Phi) is 15.9. The van der Waals surface area contributed by atoms with Crippen LogP contribution in [0.15, 0.2) is 36.7 Å². The minimum atomic E-state index is -0.187. The highest BCUT2D eigenvalue weighted by molar-refractivity contribution is 5.86. The molecule has 1 saturated heterocycles. The molecule has 0 saturated carbocycles. The molecule has 1 fully saturated rings. The van der Waals surface area contributed by atoms with Crippen LogP contribution in [0.4, 0.5) is 5.82 Å². The summed E-state index contributed by atoms with van der Waals surface area (Å²) < 4.78 is 0. The Morgan fingerprint density at radius 3 is 2.24 bits per heavy atom. The van der Waals surface area contributed by atoms with Crippen LogP contribution >= 0.6 is 49.6 Å². The molecule has 4 N–H and O–H groups in total. The minimum Gasteiger partial charge on any atom is -0.353 e. The molecule has 0 radical (unpaired) electrons. The molecule has 0 atom stereocenters. The standard InChI is InChI=1S/C18H24N6O.4ClH/c19-23-18(25)11-15-3-1-14(2-4-15)5-6-16-12-21-13-17(22-16)24-9-7-20-8-10-24;;;;/h1-4,12-13,20H,5-11,19H2,(H,23,25);4*1H. The first kappa shape index (κ1) is 29.8. The Hall–Kier alpha value is -1.35. The molecule has 0 aliphatic carbocycles. The van der Waals surface area contributed by atoms with E-state index in [9.17, 15) is 4.79 Å². The van der Waals surface area contributed by atoms with E-state index in [1.54, 1.807) is 0 Å². The summed E-state index contributed by atoms with van der Waals surface area (Å²) in [5.41, 5.74) is 5.31. The van der Waals surface area contributed by atoms with Crippen molar-refractivity contribution in [1.82, 2.24) is 20.7 Å². The minimum absolute atomic E-state index is 0. The number of aromatic nitrogens is 2. The first-order chi connectivity index (χ1) is 12.2. The number of amides is 1. The molecule has 29 heavy (non-hydrogen) atoms. The van der Waals surface area contributed by atoms with E-state index in [-0.39, 0.29) is 55.5 Å². The van der Waals surface area contributed by atoms with E-state index in [1.807, 2.05) is 36.7 Å². The van der Waals surface area contributed by atoms with Crippen molar-refractivity contribution < 1.29 is 4.79 Å². The predicted octanol–water partition coefficient (Wildman–Crippen LogP) is 1.89. The summed E-state index contributed by atoms with van der Waals surface area (Å²) in [5, 5.41) is 3.34. The first-order valence-electron chi connectivity index (χ1n) is 8.58. The zero-order valence-electron chi connectivity index (χ0n) is 15.9. The number of halogens is 4. The molecular formula is C18H28Cl4N6O. The fraction of sp³-hybridized carbons (Fsp3) is 0.389. The number of nitrogens with two attached hydrogens (primary N) is 1. The van der Waals surface area contributed by atoms with Crippen LogP contribution in [-0.2, 0) is 24.1 Å². The molecule has 1 aliphatic rings. The van der Waals surface area contributed by atoms with Gasteiger partial charge >= 0.3 is 0 Å². The third-order valence-corrected chi connectivity index (χ3v) is 4.33. The molecule has 0 spiro atoms. The SMILES string of the molecule is Cl.Cl.Cl.Cl.NNC(=O)Cc1ccc(CCc2cncc(N3CCNCC3)n2)cc1. The van der Waals surface area contributed by atoms with Gasteiger partial charge in [0.25, 0.3) is 0 Å². The van der Waals surface area contributed by atoms with Crippen LogP contribution in [-0.4, -0.2) is 42.1 Å². The predicted molar refractivity (Wildman–Crippen MR) is 126 cm³/mol. The van der Waals surface area contributed by atoms with Crippen LogP contribution in [0.2, 0.25) is 0 Å². The van der Waals surface area contributed by atoms with Crippen LogP contribution < -0.4 is 21.5 Å². The second kappa shape index (κ2) is 15.5. The van der Waals surface area contributed by atoms with Gasteiger partial charge in [-0.3, -0.25) is 15.2 Å². The molecule has 3 rings (SSSR count). The molecule has 7 nitrogen and oxygen atoms in total. The quantitative estimate of drug-likeness (QED) is 0.328. The number of benzene rings is 1. The highest BCUT2D eigenvalue weighted by Crippen LogP contribution is 2.13. The van der Waals surface area contributed by atoms with Gasteiger partial charge in [0.1, 0.15) is 5.82 Å². The van der Waals surface area contributed by atoms with Gasteiger partial charge in [-0.25, -0.2) is 10.8 Å². The van der Waals surface area contributed by atoms with Gasteiger partial charge in [-0.05, 0) is 24.0 Å². The number of rotatable bonds is 6. The molecule has 1 aliphatic heterocycles. The maximum Gasteiger partial charge on any atom is 0.238 e. The third-order valence-electron chi connectivity index (χ3n) is 4.33. The van der Waals surface area contributed by atoms with Crippen LogP contribution in [0.5, 0.6) is 0 Å². The fourth-order valence-electron chi connectivity index (χ4n) is 2.89. The summed E-state index contributed by atoms with van der Waals surface area (Å²) in [6, 6.07) is 8.03. The van der Waals surface area contributed by atoms with Crippen molar-refractivity contribution in [3.63, 3.8) is 0 Å². The van der Waals surface area contributed by atoms with Gasteiger partial charge in [0.15, 0.2) is 0 Å². The topological polar surface area (TPSA) is 96.2 Å². The van der Waals surface area contributed by atoms with Gasteiger partial charge in [-0.2, -0.15) is 0 Å². The largest absolute Gasteiger partial charge is 0.353 e. The molecule has 0 unspecified atom stereocenters. The van der Waals surface area contributed by atoms with Gasteiger partial charge in [-0.15, -0.1) is 49.6 Å². The number of hydrogen-bond acceptors (Lipinski definition) is 6. The number of anilines is 1.